The van der Waals surface area contributed by atoms with Crippen molar-refractivity contribution in [3.05, 3.63) is 107 Å². The first kappa shape index (κ1) is 24.2. The van der Waals surface area contributed by atoms with E-state index in [1.54, 1.807) is 4.90 Å². The Kier molecular flexibility index (Phi) is 8.82. The van der Waals surface area contributed by atoms with E-state index in [0.717, 1.165) is 22.3 Å². The van der Waals surface area contributed by atoms with Crippen molar-refractivity contribution in [1.29, 1.82) is 0 Å². The number of carbonyl (C=O) groups is 2. The van der Waals surface area contributed by atoms with Crippen LogP contribution in [0.15, 0.2) is 84.9 Å². The summed E-state index contributed by atoms with van der Waals surface area (Å²) in [6, 6.07) is 27.2. The fourth-order valence-electron chi connectivity index (χ4n) is 3.86. The lowest BCUT2D eigenvalue weighted by Crippen LogP contribution is -2.51. The van der Waals surface area contributed by atoms with E-state index >= 15 is 0 Å². The quantitative estimate of drug-likeness (QED) is 0.483. The second-order valence-corrected chi connectivity index (χ2v) is 9.02. The molecule has 0 fully saturated rings. The first-order valence-electron chi connectivity index (χ1n) is 11.6. The Morgan fingerprint density at radius 2 is 1.42 bits per heavy atom. The maximum atomic E-state index is 13.6. The maximum absolute atomic E-state index is 13.6. The molecular weight excluding hydrogens is 408 g/mol. The van der Waals surface area contributed by atoms with Crippen molar-refractivity contribution >= 4 is 11.8 Å². The summed E-state index contributed by atoms with van der Waals surface area (Å²) < 4.78 is 0. The van der Waals surface area contributed by atoms with Gasteiger partial charge in [-0.15, -0.1) is 0 Å². The SMILES string of the molecule is Cc1cccc(CN(C(=O)Cc2ccccc2)C(Cc2ccccc2)C(=O)NCC(C)C)c1. The summed E-state index contributed by atoms with van der Waals surface area (Å²) in [7, 11) is 0. The highest BCUT2D eigenvalue weighted by molar-refractivity contribution is 5.88. The molecule has 0 spiro atoms. The number of nitrogens with one attached hydrogen (secondary N) is 1. The fourth-order valence-corrected chi connectivity index (χ4v) is 3.86. The Morgan fingerprint density at radius 3 is 2.03 bits per heavy atom. The van der Waals surface area contributed by atoms with Crippen LogP contribution >= 0.6 is 0 Å². The highest BCUT2D eigenvalue weighted by atomic mass is 16.2. The monoisotopic (exact) mass is 442 g/mol. The number of hydrogen-bond donors (Lipinski definition) is 1. The van der Waals surface area contributed by atoms with Crippen LogP contribution in [-0.4, -0.2) is 29.3 Å². The minimum absolute atomic E-state index is 0.0525. The summed E-state index contributed by atoms with van der Waals surface area (Å²) >= 11 is 0. The Hall–Kier alpha value is -3.40. The van der Waals surface area contributed by atoms with E-state index in [1.165, 1.54) is 0 Å². The summed E-state index contributed by atoms with van der Waals surface area (Å²) in [6.07, 6.45) is 0.729. The summed E-state index contributed by atoms with van der Waals surface area (Å²) in [4.78, 5) is 28.8. The maximum Gasteiger partial charge on any atom is 0.243 e. The lowest BCUT2D eigenvalue weighted by molar-refractivity contribution is -0.140. The molecule has 3 aromatic rings. The number of rotatable bonds is 10. The van der Waals surface area contributed by atoms with Crippen molar-refractivity contribution in [2.45, 2.75) is 46.2 Å². The first-order valence-corrected chi connectivity index (χ1v) is 11.6. The minimum Gasteiger partial charge on any atom is -0.354 e. The zero-order valence-corrected chi connectivity index (χ0v) is 19.8. The van der Waals surface area contributed by atoms with Crippen molar-refractivity contribution < 1.29 is 9.59 Å². The summed E-state index contributed by atoms with van der Waals surface area (Å²) in [5, 5.41) is 3.07. The van der Waals surface area contributed by atoms with Crippen LogP contribution in [0.25, 0.3) is 0 Å². The van der Waals surface area contributed by atoms with Crippen LogP contribution in [0.3, 0.4) is 0 Å². The van der Waals surface area contributed by atoms with Gasteiger partial charge in [-0.2, -0.15) is 0 Å². The van der Waals surface area contributed by atoms with E-state index in [9.17, 15) is 9.59 Å². The van der Waals surface area contributed by atoms with Gasteiger partial charge in [0.05, 0.1) is 6.42 Å². The predicted octanol–water partition coefficient (Wildman–Crippen LogP) is 4.95. The highest BCUT2D eigenvalue weighted by Crippen LogP contribution is 2.17. The molecule has 3 aromatic carbocycles. The van der Waals surface area contributed by atoms with Crippen molar-refractivity contribution in [2.24, 2.45) is 5.92 Å². The minimum atomic E-state index is -0.595. The zero-order valence-electron chi connectivity index (χ0n) is 19.8. The molecule has 1 atom stereocenters. The standard InChI is InChI=1S/C29H34N2O2/c1-22(2)20-30-29(33)27(18-24-12-6-4-7-13-24)31(21-26-16-10-11-23(3)17-26)28(32)19-25-14-8-5-9-15-25/h4-17,22,27H,18-21H2,1-3H3,(H,30,33). The van der Waals surface area contributed by atoms with Crippen LogP contribution in [0, 0.1) is 12.8 Å². The van der Waals surface area contributed by atoms with Gasteiger partial charge in [0.15, 0.2) is 0 Å². The van der Waals surface area contributed by atoms with E-state index in [4.69, 9.17) is 0 Å². The van der Waals surface area contributed by atoms with Gasteiger partial charge in [-0.1, -0.05) is 104 Å². The van der Waals surface area contributed by atoms with Crippen molar-refractivity contribution in [2.75, 3.05) is 6.54 Å². The first-order chi connectivity index (χ1) is 15.9. The van der Waals surface area contributed by atoms with Gasteiger partial charge < -0.3 is 10.2 Å². The molecule has 4 nitrogen and oxygen atoms in total. The molecule has 0 aliphatic heterocycles. The number of benzene rings is 3. The smallest absolute Gasteiger partial charge is 0.243 e. The molecule has 33 heavy (non-hydrogen) atoms. The third-order valence-electron chi connectivity index (χ3n) is 5.59. The zero-order chi connectivity index (χ0) is 23.6. The van der Waals surface area contributed by atoms with Gasteiger partial charge in [-0.3, -0.25) is 9.59 Å². The average molecular weight is 443 g/mol. The number of nitrogens with zero attached hydrogens (tertiary/aromatic N) is 1. The van der Waals surface area contributed by atoms with Gasteiger partial charge in [-0.05, 0) is 29.5 Å². The molecule has 0 bridgehead atoms. The highest BCUT2D eigenvalue weighted by Gasteiger charge is 2.30. The largest absolute Gasteiger partial charge is 0.354 e. The van der Waals surface area contributed by atoms with E-state index in [1.807, 2.05) is 85.8 Å². The number of hydrogen-bond acceptors (Lipinski definition) is 2. The normalized spacial score (nSPS) is 11.8. The third kappa shape index (κ3) is 7.60. The fraction of sp³-hybridized carbons (Fsp3) is 0.310. The van der Waals surface area contributed by atoms with E-state index in [-0.39, 0.29) is 18.2 Å². The second-order valence-electron chi connectivity index (χ2n) is 9.02. The predicted molar refractivity (Wildman–Crippen MR) is 134 cm³/mol. The van der Waals surface area contributed by atoms with Crippen LogP contribution in [0.5, 0.6) is 0 Å². The topological polar surface area (TPSA) is 49.4 Å². The Bertz CT molecular complexity index is 1030. The van der Waals surface area contributed by atoms with Crippen LogP contribution in [0.1, 0.15) is 36.1 Å². The molecule has 2 amide bonds. The Balaban J connectivity index is 1.94. The number of amides is 2. The molecule has 172 valence electrons. The van der Waals surface area contributed by atoms with Crippen LogP contribution in [-0.2, 0) is 29.0 Å². The van der Waals surface area contributed by atoms with Crippen LogP contribution in [0.4, 0.5) is 0 Å². The summed E-state index contributed by atoms with van der Waals surface area (Å²) in [5.74, 6) is 0.168. The molecular formula is C29H34N2O2. The number of aryl methyl sites for hydroxylation is 1. The van der Waals surface area contributed by atoms with Gasteiger partial charge >= 0.3 is 0 Å². The molecule has 0 aromatic heterocycles. The molecule has 1 unspecified atom stereocenters. The lowest BCUT2D eigenvalue weighted by Gasteiger charge is -2.32. The van der Waals surface area contributed by atoms with Gasteiger partial charge in [0.2, 0.25) is 11.8 Å². The van der Waals surface area contributed by atoms with E-state index in [2.05, 4.69) is 25.2 Å². The van der Waals surface area contributed by atoms with Crippen molar-refractivity contribution in [3.63, 3.8) is 0 Å². The third-order valence-corrected chi connectivity index (χ3v) is 5.59. The molecule has 0 saturated carbocycles. The van der Waals surface area contributed by atoms with Gasteiger partial charge in [0, 0.05) is 19.5 Å². The van der Waals surface area contributed by atoms with Gasteiger partial charge in [0.25, 0.3) is 0 Å². The van der Waals surface area contributed by atoms with Crippen molar-refractivity contribution in [1.82, 2.24) is 10.2 Å². The molecule has 0 heterocycles. The lowest BCUT2D eigenvalue weighted by atomic mass is 10.0. The molecule has 0 aliphatic carbocycles. The van der Waals surface area contributed by atoms with Gasteiger partial charge in [0.1, 0.15) is 6.04 Å². The molecule has 0 radical (unpaired) electrons. The average Bonchev–Trinajstić information content (AvgIpc) is 2.81. The Labute approximate surface area is 197 Å². The van der Waals surface area contributed by atoms with E-state index in [0.29, 0.717) is 25.4 Å². The summed E-state index contributed by atoms with van der Waals surface area (Å²) in [5.41, 5.74) is 4.12. The van der Waals surface area contributed by atoms with E-state index < -0.39 is 6.04 Å². The molecule has 4 heteroatoms. The number of carbonyl (C=O) groups excluding carboxylic acids is 2. The molecule has 0 saturated heterocycles. The summed E-state index contributed by atoms with van der Waals surface area (Å²) in [6.45, 7) is 7.14. The molecule has 3 rings (SSSR count). The van der Waals surface area contributed by atoms with Crippen molar-refractivity contribution in [3.8, 4) is 0 Å². The second kappa shape index (κ2) is 12.0. The molecule has 0 aliphatic rings. The van der Waals surface area contributed by atoms with Crippen LogP contribution in [0.2, 0.25) is 0 Å². The van der Waals surface area contributed by atoms with Gasteiger partial charge in [-0.25, -0.2) is 0 Å². The molecule has 1 N–H and O–H groups in total. The Morgan fingerprint density at radius 1 is 0.818 bits per heavy atom. The van der Waals surface area contributed by atoms with Crippen LogP contribution < -0.4 is 5.32 Å².